The van der Waals surface area contributed by atoms with Gasteiger partial charge in [-0.25, -0.2) is 5.09 Å². The molecule has 276 valence electrons. The number of aromatic hydroxyl groups is 1. The molecule has 16 nitrogen and oxygen atoms in total. The number of phenolic OH excluding ortho intramolecular Hbond substituents is 1. The Balaban J connectivity index is 0.000000733. The van der Waals surface area contributed by atoms with Crippen molar-refractivity contribution in [1.29, 1.82) is 0 Å². The van der Waals surface area contributed by atoms with Crippen LogP contribution in [0.15, 0.2) is 48.5 Å². The number of hydrogen-bond donors (Lipinski definition) is 3. The first-order valence-electron chi connectivity index (χ1n) is 14.5. The Labute approximate surface area is 299 Å². The number of nitro benzene ring substituents is 2. The number of carbonyl (C=O) groups is 2. The number of carbonyl (C=O) groups excluding carboxylic acids is 2. The molecule has 49 heavy (non-hydrogen) atoms. The minimum Gasteiger partial charge on any atom is -0.508 e. The van der Waals surface area contributed by atoms with Crippen LogP contribution in [0, 0.1) is 20.2 Å². The zero-order chi connectivity index (χ0) is 36.7. The van der Waals surface area contributed by atoms with Crippen LogP contribution in [0.25, 0.3) is 0 Å². The van der Waals surface area contributed by atoms with E-state index in [9.17, 15) is 38.9 Å². The van der Waals surface area contributed by atoms with Gasteiger partial charge in [0.25, 0.3) is 11.4 Å². The SMILES string of the molecule is CP(=O)(Cl)Cl.C[C@H](N)C(=O)OC1CCC1.C[C@H](NP(C)(=O)Oc1ccc([N+](=O)[O-])cc1)C(=O)OC1CCC1.Cl.O=[N+]([O-])c1ccc(O)cc1. The topological polar surface area (TPSA) is 241 Å². The van der Waals surface area contributed by atoms with E-state index in [4.69, 9.17) is 47.3 Å². The quantitative estimate of drug-likeness (QED) is 0.0925. The molecule has 4 N–H and O–H groups in total. The highest BCUT2D eigenvalue weighted by Gasteiger charge is 2.29. The molecule has 2 aliphatic carbocycles. The Morgan fingerprint density at radius 2 is 1.22 bits per heavy atom. The van der Waals surface area contributed by atoms with E-state index >= 15 is 0 Å². The minimum absolute atomic E-state index is 0. The van der Waals surface area contributed by atoms with Crippen molar-refractivity contribution in [1.82, 2.24) is 5.09 Å². The number of benzene rings is 2. The van der Waals surface area contributed by atoms with Gasteiger partial charge in [-0.3, -0.25) is 38.9 Å². The molecule has 2 fully saturated rings. The largest absolute Gasteiger partial charge is 0.508 e. The van der Waals surface area contributed by atoms with Crippen LogP contribution < -0.4 is 15.3 Å². The van der Waals surface area contributed by atoms with Gasteiger partial charge in [0.15, 0.2) is 0 Å². The fourth-order valence-corrected chi connectivity index (χ4v) is 4.74. The van der Waals surface area contributed by atoms with Crippen LogP contribution in [0.5, 0.6) is 11.5 Å². The number of nitrogens with zero attached hydrogens (tertiary/aromatic N) is 2. The van der Waals surface area contributed by atoms with E-state index in [1.54, 1.807) is 13.8 Å². The van der Waals surface area contributed by atoms with Gasteiger partial charge in [0.2, 0.25) is 5.85 Å². The smallest absolute Gasteiger partial charge is 0.323 e. The van der Waals surface area contributed by atoms with Crippen molar-refractivity contribution in [3.05, 3.63) is 68.8 Å². The zero-order valence-electron chi connectivity index (χ0n) is 27.1. The van der Waals surface area contributed by atoms with Gasteiger partial charge in [-0.15, -0.1) is 12.4 Å². The highest BCUT2D eigenvalue weighted by Crippen LogP contribution is 2.52. The highest BCUT2D eigenvalue weighted by atomic mass is 35.9. The summed E-state index contributed by atoms with van der Waals surface area (Å²) in [7, 11) is -3.32. The molecule has 21 heteroatoms. The van der Waals surface area contributed by atoms with Crippen molar-refractivity contribution in [3.8, 4) is 11.5 Å². The van der Waals surface area contributed by atoms with Crippen LogP contribution in [0.3, 0.4) is 0 Å². The number of ether oxygens (including phenoxy) is 2. The summed E-state index contributed by atoms with van der Waals surface area (Å²) in [5.74, 6) is -3.19. The molecule has 0 aliphatic heterocycles. The Bertz CT molecular complexity index is 1450. The van der Waals surface area contributed by atoms with E-state index in [1.807, 2.05) is 0 Å². The van der Waals surface area contributed by atoms with Gasteiger partial charge in [0.05, 0.1) is 9.85 Å². The lowest BCUT2D eigenvalue weighted by Gasteiger charge is -2.27. The second-order valence-corrected chi connectivity index (χ2v) is 18.8. The molecule has 4 rings (SSSR count). The normalized spacial score (nSPS) is 16.1. The summed E-state index contributed by atoms with van der Waals surface area (Å²) in [5, 5.41) is 32.0. The van der Waals surface area contributed by atoms with E-state index in [0.717, 1.165) is 32.1 Å². The minimum atomic E-state index is -3.32. The summed E-state index contributed by atoms with van der Waals surface area (Å²) >= 11 is 9.70. The van der Waals surface area contributed by atoms with Crippen LogP contribution >= 0.6 is 48.3 Å². The van der Waals surface area contributed by atoms with E-state index in [2.05, 4.69) is 5.09 Å². The first-order valence-corrected chi connectivity index (χ1v) is 20.6. The third-order valence-electron chi connectivity index (χ3n) is 6.21. The van der Waals surface area contributed by atoms with Crippen molar-refractivity contribution in [2.45, 2.75) is 76.7 Å². The molecule has 0 aromatic heterocycles. The van der Waals surface area contributed by atoms with E-state index in [0.29, 0.717) is 0 Å². The maximum atomic E-state index is 12.4. The van der Waals surface area contributed by atoms with Gasteiger partial charge in [0, 0.05) is 37.6 Å². The van der Waals surface area contributed by atoms with Gasteiger partial charge in [0.1, 0.15) is 35.8 Å². The van der Waals surface area contributed by atoms with Gasteiger partial charge < -0.3 is 24.8 Å². The standard InChI is InChI=1S/C14H19N2O6P.C7H13NO2.C6H5NO3.CH3Cl2OP.ClH/c1-10(14(17)21-12-4-3-5-12)15-23(2,20)22-13-8-6-11(7-9-13)16(18)19;1-5(8)7(9)10-6-3-2-4-6;8-6-3-1-5(2-4-6)7(9)10;1-5(2,3)4;/h6-10,12H,3-5H2,1-2H3,(H,15,20);5-6H,2-4,8H2,1H3;1-4,8H;1H3;1H/t10-,23?;5-;;;/m00.../s1. The summed E-state index contributed by atoms with van der Waals surface area (Å²) in [6.45, 7) is 5.80. The monoisotopic (exact) mass is 792 g/mol. The second kappa shape index (κ2) is 22.0. The van der Waals surface area contributed by atoms with Crippen LogP contribution in [-0.2, 0) is 28.2 Å². The lowest BCUT2D eigenvalue weighted by atomic mass is 9.96. The molecule has 0 spiro atoms. The molecule has 2 saturated carbocycles. The summed E-state index contributed by atoms with van der Waals surface area (Å²) < 4.78 is 37.7. The number of rotatable bonds is 10. The third-order valence-corrected chi connectivity index (χ3v) is 7.63. The van der Waals surface area contributed by atoms with Crippen molar-refractivity contribution in [3.63, 3.8) is 0 Å². The molecule has 0 radical (unpaired) electrons. The summed E-state index contributed by atoms with van der Waals surface area (Å²) in [6, 6.07) is 9.01. The predicted molar refractivity (Wildman–Crippen MR) is 188 cm³/mol. The fourth-order valence-electron chi connectivity index (χ4n) is 3.35. The molecule has 1 unspecified atom stereocenters. The summed E-state index contributed by atoms with van der Waals surface area (Å²) in [5.41, 5.74) is 5.18. The number of esters is 2. The Hall–Kier alpha value is -2.97. The molecule has 0 saturated heterocycles. The molecule has 0 amide bonds. The number of non-ortho nitro benzene ring substituents is 2. The van der Waals surface area contributed by atoms with Crippen LogP contribution in [0.4, 0.5) is 11.4 Å². The average Bonchev–Trinajstić information content (AvgIpc) is 2.92. The van der Waals surface area contributed by atoms with Gasteiger partial charge in [-0.1, -0.05) is 0 Å². The number of phenols is 1. The summed E-state index contributed by atoms with van der Waals surface area (Å²) in [6.07, 6.45) is 6.10. The van der Waals surface area contributed by atoms with Crippen molar-refractivity contribution >= 4 is 71.6 Å². The molecule has 0 bridgehead atoms. The maximum Gasteiger partial charge on any atom is 0.323 e. The lowest BCUT2D eigenvalue weighted by molar-refractivity contribution is -0.385. The molecule has 3 atom stereocenters. The maximum absolute atomic E-state index is 12.4. The predicted octanol–water partition coefficient (Wildman–Crippen LogP) is 7.31. The van der Waals surface area contributed by atoms with E-state index < -0.39 is 41.3 Å². The van der Waals surface area contributed by atoms with Gasteiger partial charge in [-0.05, 0) is 99.1 Å². The first kappa shape index (κ1) is 46.0. The number of hydrogen-bond acceptors (Lipinski definition) is 13. The third kappa shape index (κ3) is 21.0. The number of halogens is 3. The van der Waals surface area contributed by atoms with E-state index in [-0.39, 0.29) is 53.5 Å². The van der Waals surface area contributed by atoms with Crippen LogP contribution in [-0.4, -0.2) is 64.5 Å². The van der Waals surface area contributed by atoms with Crippen LogP contribution in [0.2, 0.25) is 0 Å². The molecular formula is C28H41Cl3N4O12P2. The van der Waals surface area contributed by atoms with Gasteiger partial charge >= 0.3 is 19.5 Å². The number of nitro groups is 2. The number of nitrogens with two attached hydrogens (primary N) is 1. The van der Waals surface area contributed by atoms with Crippen molar-refractivity contribution in [2.24, 2.45) is 5.73 Å². The molecular weight excluding hydrogens is 753 g/mol. The number of nitrogens with one attached hydrogen (secondary N) is 1. The Morgan fingerprint density at radius 3 is 1.55 bits per heavy atom. The van der Waals surface area contributed by atoms with Crippen molar-refractivity contribution < 1.29 is 47.7 Å². The second-order valence-electron chi connectivity index (χ2n) is 10.8. The van der Waals surface area contributed by atoms with Crippen LogP contribution in [0.1, 0.15) is 52.4 Å². The molecule has 2 aliphatic rings. The molecule has 0 heterocycles. The fraction of sp³-hybridized carbons (Fsp3) is 0.500. The average molecular weight is 794 g/mol. The molecule has 2 aromatic rings. The van der Waals surface area contributed by atoms with Crippen molar-refractivity contribution in [2.75, 3.05) is 13.3 Å². The Kier molecular flexibility index (Phi) is 20.6. The Morgan fingerprint density at radius 1 is 0.857 bits per heavy atom. The highest BCUT2D eigenvalue weighted by molar-refractivity contribution is 8.08. The molecule has 2 aromatic carbocycles. The zero-order valence-corrected chi connectivity index (χ0v) is 31.3. The summed E-state index contributed by atoms with van der Waals surface area (Å²) in [4.78, 5) is 42.2. The van der Waals surface area contributed by atoms with E-state index in [1.165, 1.54) is 68.3 Å². The first-order chi connectivity index (χ1) is 22.2. The van der Waals surface area contributed by atoms with Gasteiger partial charge in [-0.2, -0.15) is 0 Å². The lowest BCUT2D eigenvalue weighted by Crippen LogP contribution is -2.37.